The molecule has 2 aromatic rings. The highest BCUT2D eigenvalue weighted by Crippen LogP contribution is 2.27. The summed E-state index contributed by atoms with van der Waals surface area (Å²) in [6, 6.07) is 8.38. The number of piperidine rings is 1. The summed E-state index contributed by atoms with van der Waals surface area (Å²) in [6.07, 6.45) is 7.88. The van der Waals surface area contributed by atoms with Crippen molar-refractivity contribution in [2.24, 2.45) is 5.92 Å². The zero-order chi connectivity index (χ0) is 23.7. The highest BCUT2D eigenvalue weighted by molar-refractivity contribution is 5.98. The van der Waals surface area contributed by atoms with E-state index in [0.29, 0.717) is 17.4 Å². The third kappa shape index (κ3) is 8.42. The first-order chi connectivity index (χ1) is 15.1. The van der Waals surface area contributed by atoms with Gasteiger partial charge in [-0.15, -0.1) is 0 Å². The minimum atomic E-state index is -0.621. The standard InChI is InChI=1S/C21H30N2O2.C6H12O/c1-4-5-15-6-7-18-17(12-15)13-19(22-18)20(24)23-10-8-16(9-11-23)14-21(2,3)25;1-3-4-5-6(2)7/h6-7,12-13,16,22,25H,4-5,8-11,14H2,1-3H3;3-5H2,1-2H3. The molecule has 1 aromatic carbocycles. The minimum absolute atomic E-state index is 0.0925. The van der Waals surface area contributed by atoms with E-state index >= 15 is 0 Å². The van der Waals surface area contributed by atoms with E-state index in [1.165, 1.54) is 5.56 Å². The number of aromatic nitrogens is 1. The summed E-state index contributed by atoms with van der Waals surface area (Å²) >= 11 is 0. The number of hydrogen-bond donors (Lipinski definition) is 2. The molecule has 0 saturated carbocycles. The average Bonchev–Trinajstić information content (AvgIpc) is 3.15. The number of ketones is 1. The summed E-state index contributed by atoms with van der Waals surface area (Å²) in [5, 5.41) is 11.1. The van der Waals surface area contributed by atoms with Crippen molar-refractivity contribution < 1.29 is 14.7 Å². The number of Topliss-reactive ketones (excluding diaryl/α,β-unsaturated/α-hetero) is 1. The lowest BCUT2D eigenvalue weighted by Crippen LogP contribution is -2.40. The second-order valence-corrected chi connectivity index (χ2v) is 9.91. The molecular formula is C27H42N2O3. The highest BCUT2D eigenvalue weighted by atomic mass is 16.3. The fourth-order valence-electron chi connectivity index (χ4n) is 4.38. The van der Waals surface area contributed by atoms with Crippen LogP contribution in [0.1, 0.15) is 95.6 Å². The number of nitrogens with zero attached hydrogens (tertiary/aromatic N) is 1. The Morgan fingerprint density at radius 3 is 2.34 bits per heavy atom. The smallest absolute Gasteiger partial charge is 0.270 e. The zero-order valence-corrected chi connectivity index (χ0v) is 20.7. The van der Waals surface area contributed by atoms with E-state index in [2.05, 4.69) is 37.0 Å². The summed E-state index contributed by atoms with van der Waals surface area (Å²) < 4.78 is 0. The van der Waals surface area contributed by atoms with Crippen LogP contribution in [-0.4, -0.2) is 45.4 Å². The Bertz CT molecular complexity index is 871. The van der Waals surface area contributed by atoms with Gasteiger partial charge in [0, 0.05) is 30.4 Å². The Hall–Kier alpha value is -2.14. The Morgan fingerprint density at radius 2 is 1.81 bits per heavy atom. The average molecular weight is 443 g/mol. The van der Waals surface area contributed by atoms with Crippen LogP contribution >= 0.6 is 0 Å². The Balaban J connectivity index is 0.000000451. The number of rotatable bonds is 8. The maximum absolute atomic E-state index is 12.8. The first-order valence-electron chi connectivity index (χ1n) is 12.3. The Morgan fingerprint density at radius 1 is 1.12 bits per heavy atom. The molecule has 0 aliphatic carbocycles. The van der Waals surface area contributed by atoms with Gasteiger partial charge in [0.1, 0.15) is 11.5 Å². The van der Waals surface area contributed by atoms with Crippen LogP contribution in [0.2, 0.25) is 0 Å². The molecule has 32 heavy (non-hydrogen) atoms. The summed E-state index contributed by atoms with van der Waals surface area (Å²) in [7, 11) is 0. The summed E-state index contributed by atoms with van der Waals surface area (Å²) in [5.74, 6) is 0.903. The number of amides is 1. The molecule has 1 aliphatic rings. The van der Waals surface area contributed by atoms with Crippen LogP contribution in [-0.2, 0) is 11.2 Å². The largest absolute Gasteiger partial charge is 0.390 e. The molecule has 1 fully saturated rings. The van der Waals surface area contributed by atoms with Crippen LogP contribution < -0.4 is 0 Å². The first kappa shape index (κ1) is 26.1. The minimum Gasteiger partial charge on any atom is -0.390 e. The fourth-order valence-corrected chi connectivity index (χ4v) is 4.38. The molecule has 1 aliphatic heterocycles. The second-order valence-electron chi connectivity index (χ2n) is 9.91. The van der Waals surface area contributed by atoms with Crippen LogP contribution in [0.15, 0.2) is 24.3 Å². The molecule has 0 atom stereocenters. The number of aryl methyl sites for hydroxylation is 1. The van der Waals surface area contributed by atoms with E-state index in [1.807, 2.05) is 24.8 Å². The van der Waals surface area contributed by atoms with Crippen molar-refractivity contribution in [2.75, 3.05) is 13.1 Å². The third-order valence-electron chi connectivity index (χ3n) is 6.03. The van der Waals surface area contributed by atoms with Crippen molar-refractivity contribution in [3.8, 4) is 0 Å². The van der Waals surface area contributed by atoms with Gasteiger partial charge < -0.3 is 19.8 Å². The normalized spacial score (nSPS) is 14.9. The number of aromatic amines is 1. The zero-order valence-electron chi connectivity index (χ0n) is 20.7. The van der Waals surface area contributed by atoms with Gasteiger partial charge in [-0.05, 0) is 82.6 Å². The molecule has 0 radical (unpaired) electrons. The molecule has 1 saturated heterocycles. The van der Waals surface area contributed by atoms with E-state index < -0.39 is 5.60 Å². The van der Waals surface area contributed by atoms with Crippen LogP contribution in [0.3, 0.4) is 0 Å². The summed E-state index contributed by atoms with van der Waals surface area (Å²) in [5.41, 5.74) is 2.41. The molecule has 2 heterocycles. The molecule has 178 valence electrons. The lowest BCUT2D eigenvalue weighted by molar-refractivity contribution is -0.117. The van der Waals surface area contributed by atoms with Gasteiger partial charge in [0.2, 0.25) is 0 Å². The molecule has 0 unspecified atom stereocenters. The molecule has 5 nitrogen and oxygen atoms in total. The second kappa shape index (κ2) is 12.2. The lowest BCUT2D eigenvalue weighted by Gasteiger charge is -2.34. The van der Waals surface area contributed by atoms with Crippen molar-refractivity contribution in [3.63, 3.8) is 0 Å². The highest BCUT2D eigenvalue weighted by Gasteiger charge is 2.28. The number of benzene rings is 1. The number of likely N-dealkylation sites (tertiary alicyclic amines) is 1. The van der Waals surface area contributed by atoms with Gasteiger partial charge in [0.25, 0.3) is 5.91 Å². The first-order valence-corrected chi connectivity index (χ1v) is 12.3. The van der Waals surface area contributed by atoms with Crippen LogP contribution in [0.5, 0.6) is 0 Å². The quantitative estimate of drug-likeness (QED) is 0.534. The van der Waals surface area contributed by atoms with Crippen molar-refractivity contribution >= 4 is 22.6 Å². The molecule has 3 rings (SSSR count). The van der Waals surface area contributed by atoms with Crippen molar-refractivity contribution in [1.29, 1.82) is 0 Å². The number of carbonyl (C=O) groups is 2. The van der Waals surface area contributed by atoms with Crippen LogP contribution in [0, 0.1) is 5.92 Å². The van der Waals surface area contributed by atoms with Crippen molar-refractivity contribution in [2.45, 2.75) is 91.6 Å². The predicted octanol–water partition coefficient (Wildman–Crippen LogP) is 5.90. The maximum atomic E-state index is 12.8. The molecule has 2 N–H and O–H groups in total. The van der Waals surface area contributed by atoms with Crippen molar-refractivity contribution in [1.82, 2.24) is 9.88 Å². The van der Waals surface area contributed by atoms with Crippen LogP contribution in [0.4, 0.5) is 0 Å². The number of carbonyl (C=O) groups excluding carboxylic acids is 2. The number of hydrogen-bond acceptors (Lipinski definition) is 3. The monoisotopic (exact) mass is 442 g/mol. The van der Waals surface area contributed by atoms with Crippen molar-refractivity contribution in [3.05, 3.63) is 35.5 Å². The molecule has 5 heteroatoms. The topological polar surface area (TPSA) is 73.4 Å². The fraction of sp³-hybridized carbons (Fsp3) is 0.630. The van der Waals surface area contributed by atoms with Gasteiger partial charge in [-0.25, -0.2) is 0 Å². The van der Waals surface area contributed by atoms with Gasteiger partial charge in [-0.2, -0.15) is 0 Å². The molecular weight excluding hydrogens is 400 g/mol. The molecule has 0 spiro atoms. The SMILES string of the molecule is CCCCC(C)=O.CCCc1ccc2[nH]c(C(=O)N3CCC(CC(C)(C)O)CC3)cc2c1. The van der Waals surface area contributed by atoms with E-state index in [1.54, 1.807) is 6.92 Å². The van der Waals surface area contributed by atoms with Gasteiger partial charge >= 0.3 is 0 Å². The number of nitrogens with one attached hydrogen (secondary N) is 1. The van der Waals surface area contributed by atoms with E-state index in [4.69, 9.17) is 0 Å². The number of H-pyrrole nitrogens is 1. The summed E-state index contributed by atoms with van der Waals surface area (Å²) in [6.45, 7) is 11.2. The van der Waals surface area contributed by atoms with Crippen LogP contribution in [0.25, 0.3) is 10.9 Å². The molecule has 1 amide bonds. The van der Waals surface area contributed by atoms with Gasteiger partial charge in [0.05, 0.1) is 5.60 Å². The Kier molecular flexibility index (Phi) is 9.95. The van der Waals surface area contributed by atoms with E-state index in [9.17, 15) is 14.7 Å². The Labute approximate surface area is 193 Å². The number of fused-ring (bicyclic) bond motifs is 1. The number of unbranched alkanes of at least 4 members (excludes halogenated alkanes) is 1. The van der Waals surface area contributed by atoms with Gasteiger partial charge in [-0.3, -0.25) is 4.79 Å². The third-order valence-corrected chi connectivity index (χ3v) is 6.03. The lowest BCUT2D eigenvalue weighted by atomic mass is 9.86. The van der Waals surface area contributed by atoms with E-state index in [0.717, 1.165) is 75.4 Å². The van der Waals surface area contributed by atoms with Gasteiger partial charge in [-0.1, -0.05) is 32.8 Å². The maximum Gasteiger partial charge on any atom is 0.270 e. The predicted molar refractivity (Wildman–Crippen MR) is 132 cm³/mol. The molecule has 1 aromatic heterocycles. The number of aliphatic hydroxyl groups is 1. The summed E-state index contributed by atoms with van der Waals surface area (Å²) in [4.78, 5) is 28.2. The van der Waals surface area contributed by atoms with Gasteiger partial charge in [0.15, 0.2) is 0 Å². The molecule has 0 bridgehead atoms. The van der Waals surface area contributed by atoms with E-state index in [-0.39, 0.29) is 5.91 Å².